The van der Waals surface area contributed by atoms with E-state index < -0.39 is 12.0 Å². The Morgan fingerprint density at radius 3 is 2.26 bits per heavy atom. The van der Waals surface area contributed by atoms with Crippen molar-refractivity contribution in [2.45, 2.75) is 46.6 Å². The van der Waals surface area contributed by atoms with E-state index in [1.54, 1.807) is 13.8 Å². The predicted molar refractivity (Wildman–Crippen MR) is 71.3 cm³/mol. The lowest BCUT2D eigenvalue weighted by Crippen LogP contribution is -2.45. The molecule has 0 aromatic carbocycles. The normalized spacial score (nSPS) is 11.8. The summed E-state index contributed by atoms with van der Waals surface area (Å²) in [5.74, 6) is -0.608. The van der Waals surface area contributed by atoms with Crippen molar-refractivity contribution in [2.75, 3.05) is 13.2 Å². The van der Waals surface area contributed by atoms with Gasteiger partial charge in [-0.2, -0.15) is 0 Å². The highest BCUT2D eigenvalue weighted by Crippen LogP contribution is 1.95. The molecule has 6 nitrogen and oxygen atoms in total. The van der Waals surface area contributed by atoms with Gasteiger partial charge in [-0.15, -0.1) is 0 Å². The van der Waals surface area contributed by atoms with E-state index in [1.807, 2.05) is 13.8 Å². The molecule has 6 heteroatoms. The first-order valence-corrected chi connectivity index (χ1v) is 6.59. The summed E-state index contributed by atoms with van der Waals surface area (Å²) >= 11 is 0. The maximum atomic E-state index is 11.6. The molecule has 0 fully saturated rings. The van der Waals surface area contributed by atoms with Crippen LogP contribution in [0.3, 0.4) is 0 Å². The maximum Gasteiger partial charge on any atom is 0.306 e. The van der Waals surface area contributed by atoms with E-state index in [-0.39, 0.29) is 24.7 Å². The molecule has 0 saturated carbocycles. The Morgan fingerprint density at radius 2 is 1.74 bits per heavy atom. The van der Waals surface area contributed by atoms with Gasteiger partial charge in [-0.05, 0) is 19.8 Å². The van der Waals surface area contributed by atoms with Crippen molar-refractivity contribution in [3.05, 3.63) is 0 Å². The molecule has 19 heavy (non-hydrogen) atoms. The van der Waals surface area contributed by atoms with Crippen molar-refractivity contribution in [3.63, 3.8) is 0 Å². The molecule has 1 atom stereocenters. The highest BCUT2D eigenvalue weighted by atomic mass is 16.5. The third-order valence-corrected chi connectivity index (χ3v) is 2.32. The minimum absolute atomic E-state index is 0.0278. The number of hydrogen-bond acceptors (Lipinski definition) is 4. The average Bonchev–Trinajstić information content (AvgIpc) is 2.33. The van der Waals surface area contributed by atoms with E-state index in [0.717, 1.165) is 0 Å². The minimum atomic E-state index is -0.603. The summed E-state index contributed by atoms with van der Waals surface area (Å²) in [6.45, 7) is 8.17. The Labute approximate surface area is 114 Å². The Bertz CT molecular complexity index is 316. The summed E-state index contributed by atoms with van der Waals surface area (Å²) in [5, 5.41) is 5.27. The van der Waals surface area contributed by atoms with Crippen molar-refractivity contribution >= 4 is 17.8 Å². The van der Waals surface area contributed by atoms with Crippen LogP contribution in [-0.2, 0) is 19.1 Å². The molecule has 0 rings (SSSR count). The van der Waals surface area contributed by atoms with Gasteiger partial charge in [0.25, 0.3) is 0 Å². The van der Waals surface area contributed by atoms with Crippen LogP contribution in [0.25, 0.3) is 0 Å². The van der Waals surface area contributed by atoms with Crippen LogP contribution >= 0.6 is 0 Å². The summed E-state index contributed by atoms with van der Waals surface area (Å²) in [6, 6.07) is -0.603. The fraction of sp³-hybridized carbons (Fsp3) is 0.769. The van der Waals surface area contributed by atoms with Crippen LogP contribution < -0.4 is 10.6 Å². The number of hydrogen-bond donors (Lipinski definition) is 2. The Balaban J connectivity index is 3.91. The molecule has 0 aliphatic heterocycles. The largest absolute Gasteiger partial charge is 0.466 e. The summed E-state index contributed by atoms with van der Waals surface area (Å²) in [7, 11) is 0. The highest BCUT2D eigenvalue weighted by molar-refractivity contribution is 5.88. The molecule has 0 aromatic rings. The van der Waals surface area contributed by atoms with Crippen LogP contribution in [0.15, 0.2) is 0 Å². The minimum Gasteiger partial charge on any atom is -0.466 e. The number of amides is 2. The topological polar surface area (TPSA) is 84.5 Å². The van der Waals surface area contributed by atoms with Gasteiger partial charge in [0, 0.05) is 13.0 Å². The molecule has 2 amide bonds. The van der Waals surface area contributed by atoms with Gasteiger partial charge < -0.3 is 15.4 Å². The number of esters is 1. The highest BCUT2D eigenvalue weighted by Gasteiger charge is 2.16. The summed E-state index contributed by atoms with van der Waals surface area (Å²) in [4.78, 5) is 34.2. The maximum absolute atomic E-state index is 11.6. The molecule has 0 saturated heterocycles. The molecule has 0 spiro atoms. The fourth-order valence-electron chi connectivity index (χ4n) is 1.29. The molecule has 0 aliphatic rings. The predicted octanol–water partition coefficient (Wildman–Crippen LogP) is 0.607. The molecule has 0 bridgehead atoms. The van der Waals surface area contributed by atoms with Crippen molar-refractivity contribution in [1.29, 1.82) is 0 Å². The van der Waals surface area contributed by atoms with Crippen molar-refractivity contribution in [3.8, 4) is 0 Å². The van der Waals surface area contributed by atoms with Gasteiger partial charge in [-0.3, -0.25) is 14.4 Å². The molecule has 1 unspecified atom stereocenters. The first-order chi connectivity index (χ1) is 8.86. The molecule has 0 aromatic heterocycles. The number of ether oxygens (including phenoxy) is 1. The molecule has 0 radical (unpaired) electrons. The van der Waals surface area contributed by atoms with Crippen LogP contribution in [0.1, 0.15) is 40.5 Å². The monoisotopic (exact) mass is 272 g/mol. The molecule has 110 valence electrons. The SMILES string of the molecule is CCOC(=O)CCC(=O)NC(C)C(=O)NCC(C)C. The first kappa shape index (κ1) is 17.4. The van der Waals surface area contributed by atoms with Gasteiger partial charge in [-0.1, -0.05) is 13.8 Å². The third-order valence-electron chi connectivity index (χ3n) is 2.32. The number of nitrogens with one attached hydrogen (secondary N) is 2. The molecular formula is C13H24N2O4. The summed E-state index contributed by atoms with van der Waals surface area (Å²) in [6.07, 6.45) is 0.0562. The van der Waals surface area contributed by atoms with E-state index in [1.165, 1.54) is 0 Å². The Kier molecular flexibility index (Phi) is 8.57. The summed E-state index contributed by atoms with van der Waals surface area (Å²) in [5.41, 5.74) is 0. The smallest absolute Gasteiger partial charge is 0.306 e. The fourth-order valence-corrected chi connectivity index (χ4v) is 1.29. The molecule has 0 heterocycles. The zero-order chi connectivity index (χ0) is 14.8. The van der Waals surface area contributed by atoms with Crippen LogP contribution in [-0.4, -0.2) is 37.0 Å². The van der Waals surface area contributed by atoms with E-state index in [9.17, 15) is 14.4 Å². The van der Waals surface area contributed by atoms with Gasteiger partial charge in [0.05, 0.1) is 13.0 Å². The quantitative estimate of drug-likeness (QED) is 0.634. The van der Waals surface area contributed by atoms with Crippen LogP contribution in [0.4, 0.5) is 0 Å². The van der Waals surface area contributed by atoms with E-state index >= 15 is 0 Å². The zero-order valence-electron chi connectivity index (χ0n) is 12.1. The van der Waals surface area contributed by atoms with Gasteiger partial charge in [0.15, 0.2) is 0 Å². The summed E-state index contributed by atoms with van der Waals surface area (Å²) < 4.78 is 4.71. The Hall–Kier alpha value is -1.59. The second kappa shape index (κ2) is 9.35. The number of rotatable bonds is 8. The first-order valence-electron chi connectivity index (χ1n) is 6.59. The van der Waals surface area contributed by atoms with Crippen molar-refractivity contribution in [2.24, 2.45) is 5.92 Å². The van der Waals surface area contributed by atoms with Crippen molar-refractivity contribution < 1.29 is 19.1 Å². The van der Waals surface area contributed by atoms with E-state index in [4.69, 9.17) is 4.74 Å². The zero-order valence-corrected chi connectivity index (χ0v) is 12.1. The van der Waals surface area contributed by atoms with Gasteiger partial charge in [0.1, 0.15) is 6.04 Å². The Morgan fingerprint density at radius 1 is 1.11 bits per heavy atom. The van der Waals surface area contributed by atoms with Crippen LogP contribution in [0, 0.1) is 5.92 Å². The van der Waals surface area contributed by atoms with Gasteiger partial charge in [0.2, 0.25) is 11.8 Å². The standard InChI is InChI=1S/C13H24N2O4/c1-5-19-12(17)7-6-11(16)15-10(4)13(18)14-8-9(2)3/h9-10H,5-8H2,1-4H3,(H,14,18)(H,15,16). The van der Waals surface area contributed by atoms with Crippen LogP contribution in [0.2, 0.25) is 0 Å². The average molecular weight is 272 g/mol. The van der Waals surface area contributed by atoms with Crippen LogP contribution in [0.5, 0.6) is 0 Å². The lowest BCUT2D eigenvalue weighted by molar-refractivity contribution is -0.144. The molecular weight excluding hydrogens is 248 g/mol. The lowest BCUT2D eigenvalue weighted by Gasteiger charge is -2.15. The van der Waals surface area contributed by atoms with E-state index in [2.05, 4.69) is 10.6 Å². The molecule has 2 N–H and O–H groups in total. The number of carbonyl (C=O) groups is 3. The lowest BCUT2D eigenvalue weighted by atomic mass is 10.2. The van der Waals surface area contributed by atoms with Crippen molar-refractivity contribution in [1.82, 2.24) is 10.6 Å². The van der Waals surface area contributed by atoms with E-state index in [0.29, 0.717) is 19.1 Å². The second-order valence-electron chi connectivity index (χ2n) is 4.73. The van der Waals surface area contributed by atoms with Gasteiger partial charge >= 0.3 is 5.97 Å². The third kappa shape index (κ3) is 9.04. The number of carbonyl (C=O) groups excluding carboxylic acids is 3. The second-order valence-corrected chi connectivity index (χ2v) is 4.73. The molecule has 0 aliphatic carbocycles. The van der Waals surface area contributed by atoms with Gasteiger partial charge in [-0.25, -0.2) is 0 Å².